The van der Waals surface area contributed by atoms with Gasteiger partial charge in [0.25, 0.3) is 0 Å². The van der Waals surface area contributed by atoms with Crippen LogP contribution in [0.4, 0.5) is 20.6 Å². The standard InChI is InChI=1S/C23H24FN3O5/c1-23(2,3)32-22(29)27-18-14-16(7-8-17(18)24)26-21(28)10-6-15-5-9-19(31-12-11-25)20(13-15)30-4/h5-10,13-14H,12H2,1-4H3,(H,26,28)(H,27,29)/b10-6+. The van der Waals surface area contributed by atoms with Gasteiger partial charge in [-0.1, -0.05) is 6.07 Å². The van der Waals surface area contributed by atoms with Gasteiger partial charge in [-0.15, -0.1) is 0 Å². The van der Waals surface area contributed by atoms with Crippen molar-refractivity contribution in [1.29, 1.82) is 5.26 Å². The summed E-state index contributed by atoms with van der Waals surface area (Å²) in [6, 6.07) is 10.6. The number of nitriles is 1. The highest BCUT2D eigenvalue weighted by Crippen LogP contribution is 2.28. The SMILES string of the molecule is COc1cc(/C=C/C(=O)Nc2ccc(F)c(NC(=O)OC(C)(C)C)c2)ccc1OCC#N. The van der Waals surface area contributed by atoms with E-state index in [0.29, 0.717) is 17.1 Å². The average Bonchev–Trinajstić information content (AvgIpc) is 2.72. The molecule has 2 aromatic rings. The van der Waals surface area contributed by atoms with Gasteiger partial charge in [-0.3, -0.25) is 10.1 Å². The zero-order valence-electron chi connectivity index (χ0n) is 18.2. The fourth-order valence-corrected chi connectivity index (χ4v) is 2.49. The van der Waals surface area contributed by atoms with Crippen molar-refractivity contribution >= 4 is 29.5 Å². The second-order valence-electron chi connectivity index (χ2n) is 7.50. The molecule has 32 heavy (non-hydrogen) atoms. The number of hydrogen-bond donors (Lipinski definition) is 2. The lowest BCUT2D eigenvalue weighted by Gasteiger charge is -2.20. The number of carbonyl (C=O) groups is 2. The molecule has 2 rings (SSSR count). The first-order valence-corrected chi connectivity index (χ1v) is 9.57. The molecular formula is C23H24FN3O5. The maximum absolute atomic E-state index is 14.0. The monoisotopic (exact) mass is 441 g/mol. The van der Waals surface area contributed by atoms with Crippen LogP contribution in [0, 0.1) is 17.1 Å². The van der Waals surface area contributed by atoms with Gasteiger partial charge in [0.15, 0.2) is 18.1 Å². The van der Waals surface area contributed by atoms with Crippen LogP contribution >= 0.6 is 0 Å². The number of hydrogen-bond acceptors (Lipinski definition) is 6. The Bertz CT molecular complexity index is 1050. The second kappa shape index (κ2) is 10.8. The van der Waals surface area contributed by atoms with E-state index in [-0.39, 0.29) is 18.0 Å². The fourth-order valence-electron chi connectivity index (χ4n) is 2.49. The third-order valence-electron chi connectivity index (χ3n) is 3.78. The fraction of sp³-hybridized carbons (Fsp3) is 0.261. The van der Waals surface area contributed by atoms with Crippen molar-refractivity contribution in [2.75, 3.05) is 24.4 Å². The van der Waals surface area contributed by atoms with Crippen LogP contribution in [0.3, 0.4) is 0 Å². The molecule has 2 aromatic carbocycles. The summed E-state index contributed by atoms with van der Waals surface area (Å²) in [5.74, 6) is -0.315. The molecule has 0 aromatic heterocycles. The minimum absolute atomic E-state index is 0.115. The zero-order chi connectivity index (χ0) is 23.7. The summed E-state index contributed by atoms with van der Waals surface area (Å²) >= 11 is 0. The average molecular weight is 441 g/mol. The van der Waals surface area contributed by atoms with Crippen molar-refractivity contribution in [3.8, 4) is 17.6 Å². The van der Waals surface area contributed by atoms with E-state index < -0.39 is 23.4 Å². The molecule has 0 atom stereocenters. The van der Waals surface area contributed by atoms with E-state index in [1.165, 1.54) is 25.3 Å². The van der Waals surface area contributed by atoms with Gasteiger partial charge in [0, 0.05) is 11.8 Å². The maximum Gasteiger partial charge on any atom is 0.412 e. The smallest absolute Gasteiger partial charge is 0.412 e. The summed E-state index contributed by atoms with van der Waals surface area (Å²) in [7, 11) is 1.46. The lowest BCUT2D eigenvalue weighted by Crippen LogP contribution is -2.27. The molecule has 0 saturated heterocycles. The number of anilines is 2. The molecule has 168 valence electrons. The summed E-state index contributed by atoms with van der Waals surface area (Å²) in [5, 5.41) is 13.5. The third-order valence-corrected chi connectivity index (χ3v) is 3.78. The molecule has 2 amide bonds. The first-order chi connectivity index (χ1) is 15.1. The highest BCUT2D eigenvalue weighted by atomic mass is 19.1. The Hall–Kier alpha value is -4.06. The van der Waals surface area contributed by atoms with Gasteiger partial charge in [0.05, 0.1) is 12.8 Å². The van der Waals surface area contributed by atoms with Gasteiger partial charge in [0.2, 0.25) is 5.91 Å². The number of ether oxygens (including phenoxy) is 3. The van der Waals surface area contributed by atoms with Crippen LogP contribution < -0.4 is 20.1 Å². The number of nitrogens with zero attached hydrogens (tertiary/aromatic N) is 1. The topological polar surface area (TPSA) is 110 Å². The summed E-state index contributed by atoms with van der Waals surface area (Å²) in [6.07, 6.45) is 2.03. The largest absolute Gasteiger partial charge is 0.493 e. The minimum Gasteiger partial charge on any atom is -0.493 e. The Kier molecular flexibility index (Phi) is 8.18. The van der Waals surface area contributed by atoms with E-state index in [1.807, 2.05) is 6.07 Å². The lowest BCUT2D eigenvalue weighted by atomic mass is 10.2. The Morgan fingerprint density at radius 1 is 1.12 bits per heavy atom. The molecule has 0 radical (unpaired) electrons. The number of nitrogens with one attached hydrogen (secondary N) is 2. The zero-order valence-corrected chi connectivity index (χ0v) is 18.2. The van der Waals surface area contributed by atoms with Crippen LogP contribution in [0.2, 0.25) is 0 Å². The molecule has 0 bridgehead atoms. The number of halogens is 1. The van der Waals surface area contributed by atoms with E-state index in [9.17, 15) is 14.0 Å². The molecule has 0 spiro atoms. The lowest BCUT2D eigenvalue weighted by molar-refractivity contribution is -0.111. The van der Waals surface area contributed by atoms with Crippen LogP contribution in [0.25, 0.3) is 6.08 Å². The summed E-state index contributed by atoms with van der Waals surface area (Å²) < 4.78 is 29.6. The Morgan fingerprint density at radius 2 is 1.88 bits per heavy atom. The minimum atomic E-state index is -0.809. The third kappa shape index (κ3) is 7.65. The normalized spacial score (nSPS) is 10.9. The summed E-state index contributed by atoms with van der Waals surface area (Å²) in [5.41, 5.74) is 0.0799. The molecule has 0 aliphatic heterocycles. The molecular weight excluding hydrogens is 417 g/mol. The van der Waals surface area contributed by atoms with E-state index >= 15 is 0 Å². The van der Waals surface area contributed by atoms with Crippen molar-refractivity contribution in [3.05, 3.63) is 53.9 Å². The molecule has 0 aliphatic rings. The molecule has 2 N–H and O–H groups in total. The Balaban J connectivity index is 2.06. The molecule has 9 heteroatoms. The molecule has 0 heterocycles. The first-order valence-electron chi connectivity index (χ1n) is 9.57. The molecule has 0 saturated carbocycles. The maximum atomic E-state index is 14.0. The van der Waals surface area contributed by atoms with Gasteiger partial charge in [-0.05, 0) is 62.7 Å². The predicted octanol–water partition coefficient (Wildman–Crippen LogP) is 4.74. The van der Waals surface area contributed by atoms with Crippen molar-refractivity contribution in [3.63, 3.8) is 0 Å². The van der Waals surface area contributed by atoms with Crippen LogP contribution in [0.5, 0.6) is 11.5 Å². The van der Waals surface area contributed by atoms with E-state index in [2.05, 4.69) is 10.6 Å². The van der Waals surface area contributed by atoms with Gasteiger partial charge in [-0.2, -0.15) is 5.26 Å². The highest BCUT2D eigenvalue weighted by molar-refractivity contribution is 6.02. The van der Waals surface area contributed by atoms with Crippen LogP contribution in [-0.2, 0) is 9.53 Å². The number of benzene rings is 2. The number of carbonyl (C=O) groups excluding carboxylic acids is 2. The molecule has 0 aliphatic carbocycles. The summed E-state index contributed by atoms with van der Waals surface area (Å²) in [4.78, 5) is 24.1. The summed E-state index contributed by atoms with van der Waals surface area (Å²) in [6.45, 7) is 4.95. The second-order valence-corrected chi connectivity index (χ2v) is 7.50. The van der Waals surface area contributed by atoms with Crippen molar-refractivity contribution < 1.29 is 28.2 Å². The molecule has 8 nitrogen and oxygen atoms in total. The van der Waals surface area contributed by atoms with Gasteiger partial charge in [-0.25, -0.2) is 9.18 Å². The van der Waals surface area contributed by atoms with Gasteiger partial charge in [0.1, 0.15) is 17.5 Å². The van der Waals surface area contributed by atoms with Crippen LogP contribution in [-0.4, -0.2) is 31.3 Å². The van der Waals surface area contributed by atoms with E-state index in [0.717, 1.165) is 6.07 Å². The number of methoxy groups -OCH3 is 1. The van der Waals surface area contributed by atoms with Crippen LogP contribution in [0.15, 0.2) is 42.5 Å². The number of rotatable bonds is 7. The van der Waals surface area contributed by atoms with Crippen molar-refractivity contribution in [2.24, 2.45) is 0 Å². The Labute approximate surface area is 185 Å². The highest BCUT2D eigenvalue weighted by Gasteiger charge is 2.17. The van der Waals surface area contributed by atoms with Gasteiger partial charge < -0.3 is 19.5 Å². The van der Waals surface area contributed by atoms with Crippen LogP contribution in [0.1, 0.15) is 26.3 Å². The van der Waals surface area contributed by atoms with E-state index in [4.69, 9.17) is 19.5 Å². The number of amides is 2. The van der Waals surface area contributed by atoms with Crippen molar-refractivity contribution in [2.45, 2.75) is 26.4 Å². The predicted molar refractivity (Wildman–Crippen MR) is 118 cm³/mol. The van der Waals surface area contributed by atoms with E-state index in [1.54, 1.807) is 45.0 Å². The quantitative estimate of drug-likeness (QED) is 0.601. The van der Waals surface area contributed by atoms with Crippen molar-refractivity contribution in [1.82, 2.24) is 0 Å². The molecule has 0 fully saturated rings. The Morgan fingerprint density at radius 3 is 2.53 bits per heavy atom. The molecule has 0 unspecified atom stereocenters. The first kappa shape index (κ1) is 24.2. The van der Waals surface area contributed by atoms with Gasteiger partial charge >= 0.3 is 6.09 Å².